The molecule has 0 amide bonds. The van der Waals surface area contributed by atoms with Gasteiger partial charge in [0.05, 0.1) is 4.90 Å². The van der Waals surface area contributed by atoms with Crippen molar-refractivity contribution in [1.82, 2.24) is 0 Å². The van der Waals surface area contributed by atoms with Crippen LogP contribution in [0.1, 0.15) is 0 Å². The minimum atomic E-state index is -4.09. The van der Waals surface area contributed by atoms with Gasteiger partial charge in [0.1, 0.15) is 12.5 Å². The molecule has 0 saturated carbocycles. The van der Waals surface area contributed by atoms with Crippen molar-refractivity contribution in [3.8, 4) is 0 Å². The highest BCUT2D eigenvalue weighted by molar-refractivity contribution is 7.91. The van der Waals surface area contributed by atoms with Crippen LogP contribution in [-0.2, 0) is 9.84 Å². The first-order valence-electron chi connectivity index (χ1n) is 3.72. The molecule has 0 fully saturated rings. The lowest BCUT2D eigenvalue weighted by Gasteiger charge is -2.07. The Bertz CT molecular complexity index is 399. The summed E-state index contributed by atoms with van der Waals surface area (Å²) in [5.74, 6) is -0.598. The van der Waals surface area contributed by atoms with E-state index in [1.807, 2.05) is 0 Å². The van der Waals surface area contributed by atoms with Gasteiger partial charge >= 0.3 is 0 Å². The van der Waals surface area contributed by atoms with E-state index in [-0.39, 0.29) is 4.90 Å². The molecule has 1 atom stereocenters. The molecule has 1 N–H and O–H groups in total. The Hall–Kier alpha value is -1.01. The third-order valence-corrected chi connectivity index (χ3v) is 3.40. The first-order valence-corrected chi connectivity index (χ1v) is 5.26. The van der Waals surface area contributed by atoms with Crippen LogP contribution in [-0.4, -0.2) is 25.6 Å². The van der Waals surface area contributed by atoms with Crippen LogP contribution < -0.4 is 0 Å². The summed E-state index contributed by atoms with van der Waals surface area (Å²) in [7, 11) is -4.09. The van der Waals surface area contributed by atoms with Crippen LogP contribution in [0.2, 0.25) is 0 Å². The molecule has 1 aromatic carbocycles. The standard InChI is InChI=1S/C8H8F2O3S/c9-5-8(11)14(12,13)7-3-1-6(10)2-4-7/h1-4,8,11H,5H2/t8-/m1/s1. The fraction of sp³-hybridized carbons (Fsp3) is 0.250. The Morgan fingerprint density at radius 1 is 1.29 bits per heavy atom. The number of halogens is 2. The maximum atomic E-state index is 12.4. The summed E-state index contributed by atoms with van der Waals surface area (Å²) in [5, 5.41) is 8.85. The zero-order valence-electron chi connectivity index (χ0n) is 7.02. The minimum absolute atomic E-state index is 0.302. The van der Waals surface area contributed by atoms with Crippen LogP contribution >= 0.6 is 0 Å². The van der Waals surface area contributed by atoms with Gasteiger partial charge in [-0.2, -0.15) is 0 Å². The molecule has 0 unspecified atom stereocenters. The van der Waals surface area contributed by atoms with E-state index in [0.717, 1.165) is 24.3 Å². The van der Waals surface area contributed by atoms with Gasteiger partial charge in [0.15, 0.2) is 5.44 Å². The number of hydrogen-bond donors (Lipinski definition) is 1. The molecule has 0 bridgehead atoms. The van der Waals surface area contributed by atoms with Crippen LogP contribution in [0.25, 0.3) is 0 Å². The molecular formula is C8H8F2O3S. The first kappa shape index (κ1) is 11.1. The summed E-state index contributed by atoms with van der Waals surface area (Å²) in [6, 6.07) is 3.81. The maximum Gasteiger partial charge on any atom is 0.207 e. The molecule has 0 aliphatic rings. The molecule has 14 heavy (non-hydrogen) atoms. The van der Waals surface area contributed by atoms with E-state index in [1.165, 1.54) is 0 Å². The smallest absolute Gasteiger partial charge is 0.207 e. The van der Waals surface area contributed by atoms with Gasteiger partial charge in [-0.3, -0.25) is 0 Å². The molecular weight excluding hydrogens is 214 g/mol. The van der Waals surface area contributed by atoms with Gasteiger partial charge in [-0.05, 0) is 24.3 Å². The summed E-state index contributed by atoms with van der Waals surface area (Å²) in [4.78, 5) is -0.302. The van der Waals surface area contributed by atoms with Crippen molar-refractivity contribution in [1.29, 1.82) is 0 Å². The van der Waals surface area contributed by atoms with Crippen molar-refractivity contribution in [2.45, 2.75) is 10.3 Å². The number of hydrogen-bond acceptors (Lipinski definition) is 3. The molecule has 0 aromatic heterocycles. The van der Waals surface area contributed by atoms with E-state index < -0.39 is 27.8 Å². The molecule has 6 heteroatoms. The Balaban J connectivity index is 3.11. The predicted molar refractivity (Wildman–Crippen MR) is 45.6 cm³/mol. The monoisotopic (exact) mass is 222 g/mol. The number of alkyl halides is 1. The lowest BCUT2D eigenvalue weighted by Crippen LogP contribution is -2.22. The lowest BCUT2D eigenvalue weighted by molar-refractivity contribution is 0.208. The van der Waals surface area contributed by atoms with Crippen molar-refractivity contribution in [2.75, 3.05) is 6.67 Å². The van der Waals surface area contributed by atoms with Gasteiger partial charge in [-0.1, -0.05) is 0 Å². The molecule has 78 valence electrons. The average molecular weight is 222 g/mol. The Kier molecular flexibility index (Phi) is 3.17. The van der Waals surface area contributed by atoms with Crippen LogP contribution in [0.3, 0.4) is 0 Å². The minimum Gasteiger partial charge on any atom is -0.375 e. The molecule has 0 heterocycles. The van der Waals surface area contributed by atoms with Crippen molar-refractivity contribution < 1.29 is 22.3 Å². The topological polar surface area (TPSA) is 54.4 Å². The number of aliphatic hydroxyl groups excluding tert-OH is 1. The summed E-state index contributed by atoms with van der Waals surface area (Å²) >= 11 is 0. The second-order valence-electron chi connectivity index (χ2n) is 2.61. The quantitative estimate of drug-likeness (QED) is 0.772. The highest BCUT2D eigenvalue weighted by Crippen LogP contribution is 2.15. The molecule has 0 spiro atoms. The third-order valence-electron chi connectivity index (χ3n) is 1.63. The highest BCUT2D eigenvalue weighted by atomic mass is 32.2. The van der Waals surface area contributed by atoms with Crippen LogP contribution in [0, 0.1) is 5.82 Å². The summed E-state index contributed by atoms with van der Waals surface area (Å²) in [6.45, 7) is -1.39. The number of benzene rings is 1. The lowest BCUT2D eigenvalue weighted by atomic mass is 10.4. The molecule has 1 rings (SSSR count). The molecule has 1 aromatic rings. The van der Waals surface area contributed by atoms with Gasteiger partial charge in [0.2, 0.25) is 9.84 Å². The largest absolute Gasteiger partial charge is 0.375 e. The van der Waals surface area contributed by atoms with Crippen molar-refractivity contribution >= 4 is 9.84 Å². The fourth-order valence-corrected chi connectivity index (χ4v) is 1.86. The second-order valence-corrected chi connectivity index (χ2v) is 4.71. The first-order chi connectivity index (χ1) is 6.48. The number of aliphatic hydroxyl groups is 1. The highest BCUT2D eigenvalue weighted by Gasteiger charge is 2.24. The molecule has 0 aliphatic heterocycles. The van der Waals surface area contributed by atoms with E-state index in [2.05, 4.69) is 0 Å². The van der Waals surface area contributed by atoms with Crippen LogP contribution in [0.5, 0.6) is 0 Å². The van der Waals surface area contributed by atoms with E-state index in [0.29, 0.717) is 0 Å². The Labute approximate surface area is 79.9 Å². The fourth-order valence-electron chi connectivity index (χ4n) is 0.864. The molecule has 3 nitrogen and oxygen atoms in total. The van der Waals surface area contributed by atoms with Gasteiger partial charge in [-0.15, -0.1) is 0 Å². The van der Waals surface area contributed by atoms with Gasteiger partial charge in [0, 0.05) is 0 Å². The SMILES string of the molecule is O=S(=O)(c1ccc(F)cc1)[C@@H](O)CF. The maximum absolute atomic E-state index is 12.4. The summed E-state index contributed by atoms with van der Waals surface area (Å²) < 4.78 is 46.9. The van der Waals surface area contributed by atoms with E-state index >= 15 is 0 Å². The van der Waals surface area contributed by atoms with Gasteiger partial charge < -0.3 is 5.11 Å². The van der Waals surface area contributed by atoms with Gasteiger partial charge in [-0.25, -0.2) is 17.2 Å². The molecule has 0 radical (unpaired) electrons. The van der Waals surface area contributed by atoms with E-state index in [4.69, 9.17) is 5.11 Å². The average Bonchev–Trinajstić information content (AvgIpc) is 2.17. The number of sulfone groups is 1. The summed E-state index contributed by atoms with van der Waals surface area (Å²) in [5.41, 5.74) is -2.09. The van der Waals surface area contributed by atoms with Crippen LogP contribution in [0.4, 0.5) is 8.78 Å². The van der Waals surface area contributed by atoms with Crippen molar-refractivity contribution in [3.05, 3.63) is 30.1 Å². The van der Waals surface area contributed by atoms with E-state index in [1.54, 1.807) is 0 Å². The Morgan fingerprint density at radius 3 is 2.21 bits per heavy atom. The number of rotatable bonds is 3. The zero-order valence-corrected chi connectivity index (χ0v) is 7.84. The van der Waals surface area contributed by atoms with Crippen molar-refractivity contribution in [3.63, 3.8) is 0 Å². The Morgan fingerprint density at radius 2 is 1.79 bits per heavy atom. The molecule has 0 saturated heterocycles. The normalized spacial score (nSPS) is 13.9. The van der Waals surface area contributed by atoms with Crippen molar-refractivity contribution in [2.24, 2.45) is 0 Å². The predicted octanol–water partition coefficient (Wildman–Crippen LogP) is 0.887. The van der Waals surface area contributed by atoms with E-state index in [9.17, 15) is 17.2 Å². The van der Waals surface area contributed by atoms with Crippen LogP contribution in [0.15, 0.2) is 29.2 Å². The van der Waals surface area contributed by atoms with Gasteiger partial charge in [0.25, 0.3) is 0 Å². The second kappa shape index (κ2) is 4.02. The summed E-state index contributed by atoms with van der Waals surface area (Å²) in [6.07, 6.45) is 0. The molecule has 0 aliphatic carbocycles. The zero-order chi connectivity index (χ0) is 10.8. The third kappa shape index (κ3) is 2.08.